The Morgan fingerprint density at radius 2 is 1.85 bits per heavy atom. The minimum absolute atomic E-state index is 0.0617. The van der Waals surface area contributed by atoms with Crippen molar-refractivity contribution in [1.82, 2.24) is 9.80 Å². The number of fused-ring (bicyclic) bond motifs is 2. The maximum absolute atomic E-state index is 12.5. The molecule has 3 aliphatic heterocycles. The number of amides is 2. The summed E-state index contributed by atoms with van der Waals surface area (Å²) >= 11 is 0. The summed E-state index contributed by atoms with van der Waals surface area (Å²) in [5.74, 6) is 0.0617. The molecule has 6 nitrogen and oxygen atoms in total. The summed E-state index contributed by atoms with van der Waals surface area (Å²) in [5.41, 5.74) is -0.526. The second-order valence-electron chi connectivity index (χ2n) is 6.80. The lowest BCUT2D eigenvalue weighted by Gasteiger charge is -2.55. The first kappa shape index (κ1) is 13.7. The minimum Gasteiger partial charge on any atom is -0.444 e. The van der Waals surface area contributed by atoms with Crippen LogP contribution in [0.3, 0.4) is 0 Å². The van der Waals surface area contributed by atoms with Crippen LogP contribution in [0.25, 0.3) is 0 Å². The molecule has 0 aromatic rings. The van der Waals surface area contributed by atoms with Gasteiger partial charge in [0, 0.05) is 6.54 Å². The van der Waals surface area contributed by atoms with Crippen molar-refractivity contribution in [2.45, 2.75) is 57.3 Å². The van der Waals surface area contributed by atoms with Gasteiger partial charge in [-0.3, -0.25) is 9.69 Å². The first-order valence-corrected chi connectivity index (χ1v) is 7.26. The monoisotopic (exact) mass is 282 g/mol. The molecule has 0 saturated carbocycles. The summed E-state index contributed by atoms with van der Waals surface area (Å²) in [6.45, 7) is 7.35. The fourth-order valence-corrected chi connectivity index (χ4v) is 3.05. The molecule has 112 valence electrons. The molecule has 3 heterocycles. The lowest BCUT2D eigenvalue weighted by molar-refractivity contribution is -0.176. The molecule has 3 saturated heterocycles. The van der Waals surface area contributed by atoms with E-state index < -0.39 is 5.60 Å². The highest BCUT2D eigenvalue weighted by atomic mass is 16.6. The number of carbonyl (C=O) groups excluding carboxylic acids is 2. The second-order valence-corrected chi connectivity index (χ2v) is 6.80. The van der Waals surface area contributed by atoms with Gasteiger partial charge >= 0.3 is 6.09 Å². The molecule has 0 radical (unpaired) electrons. The van der Waals surface area contributed by atoms with Crippen molar-refractivity contribution in [2.24, 2.45) is 0 Å². The van der Waals surface area contributed by atoms with Crippen LogP contribution in [0.15, 0.2) is 0 Å². The molecule has 20 heavy (non-hydrogen) atoms. The Bertz CT molecular complexity index is 417. The average Bonchev–Trinajstić information content (AvgIpc) is 2.25. The largest absolute Gasteiger partial charge is 0.444 e. The van der Waals surface area contributed by atoms with Gasteiger partial charge in [0.15, 0.2) is 0 Å². The zero-order chi connectivity index (χ0) is 14.5. The fourth-order valence-electron chi connectivity index (χ4n) is 3.05. The van der Waals surface area contributed by atoms with Gasteiger partial charge in [-0.15, -0.1) is 0 Å². The van der Waals surface area contributed by atoms with Crippen LogP contribution in [0.5, 0.6) is 0 Å². The molecule has 0 aliphatic carbocycles. The van der Waals surface area contributed by atoms with E-state index >= 15 is 0 Å². The van der Waals surface area contributed by atoms with Crippen molar-refractivity contribution < 1.29 is 19.1 Å². The number of likely N-dealkylation sites (tertiary alicyclic amines) is 1. The van der Waals surface area contributed by atoms with Crippen molar-refractivity contribution in [1.29, 1.82) is 0 Å². The Kier molecular flexibility index (Phi) is 3.16. The topological polar surface area (TPSA) is 59.1 Å². The van der Waals surface area contributed by atoms with Crippen molar-refractivity contribution in [3.63, 3.8) is 0 Å². The lowest BCUT2D eigenvalue weighted by atomic mass is 9.88. The third-order valence-corrected chi connectivity index (χ3v) is 4.14. The number of morpholine rings is 1. The van der Waals surface area contributed by atoms with Crippen LogP contribution in [0, 0.1) is 0 Å². The smallest absolute Gasteiger partial charge is 0.410 e. The summed E-state index contributed by atoms with van der Waals surface area (Å²) in [4.78, 5) is 28.0. The van der Waals surface area contributed by atoms with Crippen LogP contribution < -0.4 is 0 Å². The Morgan fingerprint density at radius 3 is 2.30 bits per heavy atom. The molecule has 3 aliphatic rings. The van der Waals surface area contributed by atoms with E-state index in [1.165, 1.54) is 0 Å². The van der Waals surface area contributed by atoms with E-state index in [4.69, 9.17) is 9.47 Å². The van der Waals surface area contributed by atoms with E-state index in [9.17, 15) is 9.59 Å². The highest BCUT2D eigenvalue weighted by Gasteiger charge is 2.50. The van der Waals surface area contributed by atoms with E-state index in [2.05, 4.69) is 0 Å². The quantitative estimate of drug-likeness (QED) is 0.720. The van der Waals surface area contributed by atoms with Crippen molar-refractivity contribution in [2.75, 3.05) is 19.8 Å². The van der Waals surface area contributed by atoms with Crippen molar-refractivity contribution in [3.05, 3.63) is 0 Å². The Hall–Kier alpha value is -1.30. The predicted octanol–water partition coefficient (Wildman–Crippen LogP) is 0.995. The van der Waals surface area contributed by atoms with Crippen LogP contribution >= 0.6 is 0 Å². The Labute approximate surface area is 119 Å². The molecule has 3 atom stereocenters. The van der Waals surface area contributed by atoms with Gasteiger partial charge in [-0.25, -0.2) is 4.79 Å². The van der Waals surface area contributed by atoms with Crippen LogP contribution in [0.1, 0.15) is 33.6 Å². The van der Waals surface area contributed by atoms with E-state index in [0.29, 0.717) is 19.8 Å². The summed E-state index contributed by atoms with van der Waals surface area (Å²) in [6.07, 6.45) is 1.38. The molecule has 0 spiro atoms. The van der Waals surface area contributed by atoms with Crippen LogP contribution in [-0.4, -0.2) is 65.3 Å². The zero-order valence-corrected chi connectivity index (χ0v) is 12.3. The molecule has 0 aromatic heterocycles. The fraction of sp³-hybridized carbons (Fsp3) is 0.857. The Morgan fingerprint density at radius 1 is 1.20 bits per heavy atom. The van der Waals surface area contributed by atoms with Gasteiger partial charge in [0.25, 0.3) is 0 Å². The molecule has 2 unspecified atom stereocenters. The number of ether oxygens (including phenoxy) is 2. The highest BCUT2D eigenvalue weighted by molar-refractivity contribution is 5.88. The van der Waals surface area contributed by atoms with E-state index in [0.717, 1.165) is 12.8 Å². The molecule has 0 aromatic carbocycles. The van der Waals surface area contributed by atoms with Gasteiger partial charge < -0.3 is 14.4 Å². The second kappa shape index (κ2) is 4.62. The van der Waals surface area contributed by atoms with Gasteiger partial charge in [-0.05, 0) is 33.6 Å². The maximum Gasteiger partial charge on any atom is 0.410 e. The standard InChI is InChI=1S/C14H22N2O4/c1-14(2,3)20-13(18)15-5-4-11(15)12(17)16-9-6-10(16)8-19-7-9/h9-11H,4-8H2,1-3H3/t9?,10?,11-/m1/s1. The summed E-state index contributed by atoms with van der Waals surface area (Å²) in [6, 6.07) is 0.0814. The maximum atomic E-state index is 12.5. The molecule has 0 N–H and O–H groups in total. The third kappa shape index (κ3) is 2.26. The zero-order valence-electron chi connectivity index (χ0n) is 12.3. The lowest BCUT2D eigenvalue weighted by Crippen LogP contribution is -2.71. The number of rotatable bonds is 1. The normalized spacial score (nSPS) is 32.2. The SMILES string of the molecule is CC(C)(C)OC(=O)N1CC[C@@H]1C(=O)N1C2COCC1C2. The molecule has 2 amide bonds. The van der Waals surface area contributed by atoms with Crippen LogP contribution in [0.2, 0.25) is 0 Å². The summed E-state index contributed by atoms with van der Waals surface area (Å²) < 4.78 is 10.7. The molecule has 6 heteroatoms. The number of carbonyl (C=O) groups is 2. The molecule has 3 fully saturated rings. The van der Waals surface area contributed by atoms with Crippen LogP contribution in [-0.2, 0) is 14.3 Å². The van der Waals surface area contributed by atoms with Gasteiger partial charge in [0.05, 0.1) is 25.3 Å². The summed E-state index contributed by atoms with van der Waals surface area (Å²) in [5, 5.41) is 0. The molecular formula is C14H22N2O4. The first-order valence-electron chi connectivity index (χ1n) is 7.26. The van der Waals surface area contributed by atoms with E-state index in [-0.39, 0.29) is 30.1 Å². The minimum atomic E-state index is -0.526. The van der Waals surface area contributed by atoms with Gasteiger partial charge in [-0.2, -0.15) is 0 Å². The van der Waals surface area contributed by atoms with Crippen molar-refractivity contribution in [3.8, 4) is 0 Å². The van der Waals surface area contributed by atoms with Gasteiger partial charge in [-0.1, -0.05) is 0 Å². The average molecular weight is 282 g/mol. The van der Waals surface area contributed by atoms with Gasteiger partial charge in [0.1, 0.15) is 11.6 Å². The number of hydrogen-bond acceptors (Lipinski definition) is 4. The first-order chi connectivity index (χ1) is 9.37. The highest BCUT2D eigenvalue weighted by Crippen LogP contribution is 2.34. The van der Waals surface area contributed by atoms with Gasteiger partial charge in [0.2, 0.25) is 5.91 Å². The predicted molar refractivity (Wildman–Crippen MR) is 71.2 cm³/mol. The van der Waals surface area contributed by atoms with E-state index in [1.807, 2.05) is 25.7 Å². The molecule has 3 rings (SSSR count). The van der Waals surface area contributed by atoms with Crippen LogP contribution in [0.4, 0.5) is 4.79 Å². The third-order valence-electron chi connectivity index (χ3n) is 4.14. The molecular weight excluding hydrogens is 260 g/mol. The number of nitrogens with zero attached hydrogens (tertiary/aromatic N) is 2. The number of hydrogen-bond donors (Lipinski definition) is 0. The summed E-state index contributed by atoms with van der Waals surface area (Å²) in [7, 11) is 0. The Balaban J connectivity index is 1.60. The van der Waals surface area contributed by atoms with Crippen molar-refractivity contribution >= 4 is 12.0 Å². The van der Waals surface area contributed by atoms with E-state index in [1.54, 1.807) is 4.90 Å². The molecule has 2 bridgehead atoms.